The number of hydrogen-bond acceptors (Lipinski definition) is 6. The largest absolute Gasteiger partial charge is 0.381 e. The lowest BCUT2D eigenvalue weighted by molar-refractivity contribution is 0.0766. The zero-order valence-corrected chi connectivity index (χ0v) is 15.9. The Balaban J connectivity index is 1.60. The van der Waals surface area contributed by atoms with E-state index in [1.54, 1.807) is 11.4 Å². The van der Waals surface area contributed by atoms with Gasteiger partial charge in [0.2, 0.25) is 0 Å². The van der Waals surface area contributed by atoms with Crippen molar-refractivity contribution in [2.45, 2.75) is 25.3 Å². The normalized spacial score (nSPS) is 17.3. The standard InChI is InChI=1S/C19H23N5OS/c1-23(2)17-6-5-16(13-21-17)22-15-4-3-9-24(10-7-15)19(25)18-14(12-20)8-11-26-18/h5-6,8,11,13,15,22H,3-4,7,9-10H2,1-2H3. The van der Waals surface area contributed by atoms with Crippen molar-refractivity contribution in [2.75, 3.05) is 37.4 Å². The fourth-order valence-corrected chi connectivity index (χ4v) is 3.93. The Morgan fingerprint density at radius 1 is 1.35 bits per heavy atom. The molecule has 3 heterocycles. The number of anilines is 2. The van der Waals surface area contributed by atoms with Crippen LogP contribution in [0.5, 0.6) is 0 Å². The third-order valence-electron chi connectivity index (χ3n) is 4.57. The van der Waals surface area contributed by atoms with Gasteiger partial charge < -0.3 is 15.1 Å². The molecular weight excluding hydrogens is 346 g/mol. The lowest BCUT2D eigenvalue weighted by Crippen LogP contribution is -2.32. The minimum atomic E-state index is -0.0193. The Labute approximate surface area is 158 Å². The van der Waals surface area contributed by atoms with Gasteiger partial charge in [0, 0.05) is 33.2 Å². The molecule has 1 saturated heterocycles. The van der Waals surface area contributed by atoms with E-state index >= 15 is 0 Å². The molecular formula is C19H23N5OS. The molecule has 0 aromatic carbocycles. The van der Waals surface area contributed by atoms with E-state index in [0.717, 1.165) is 37.3 Å². The molecule has 6 nitrogen and oxygen atoms in total. The minimum Gasteiger partial charge on any atom is -0.381 e. The molecule has 136 valence electrons. The van der Waals surface area contributed by atoms with Crippen LogP contribution in [-0.4, -0.2) is 49.0 Å². The van der Waals surface area contributed by atoms with Gasteiger partial charge in [-0.3, -0.25) is 4.79 Å². The highest BCUT2D eigenvalue weighted by Crippen LogP contribution is 2.22. The van der Waals surface area contributed by atoms with Gasteiger partial charge in [-0.25, -0.2) is 4.98 Å². The summed E-state index contributed by atoms with van der Waals surface area (Å²) in [5, 5.41) is 14.5. The van der Waals surface area contributed by atoms with E-state index in [4.69, 9.17) is 5.26 Å². The highest BCUT2D eigenvalue weighted by molar-refractivity contribution is 7.12. The second kappa shape index (κ2) is 8.19. The first kappa shape index (κ1) is 18.2. The summed E-state index contributed by atoms with van der Waals surface area (Å²) in [7, 11) is 3.94. The number of carbonyl (C=O) groups is 1. The van der Waals surface area contributed by atoms with Gasteiger partial charge in [0.15, 0.2) is 0 Å². The number of thiophene rings is 1. The Kier molecular flexibility index (Phi) is 5.74. The van der Waals surface area contributed by atoms with Crippen LogP contribution in [0.2, 0.25) is 0 Å². The van der Waals surface area contributed by atoms with Crippen molar-refractivity contribution < 1.29 is 4.79 Å². The lowest BCUT2D eigenvalue weighted by atomic mass is 10.1. The number of nitrogens with one attached hydrogen (secondary N) is 1. The third-order valence-corrected chi connectivity index (χ3v) is 5.47. The number of likely N-dealkylation sites (tertiary alicyclic amines) is 1. The maximum Gasteiger partial charge on any atom is 0.265 e. The molecule has 0 spiro atoms. The smallest absolute Gasteiger partial charge is 0.265 e. The predicted octanol–water partition coefficient (Wildman–Crippen LogP) is 3.19. The lowest BCUT2D eigenvalue weighted by Gasteiger charge is -2.21. The molecule has 0 bridgehead atoms. The van der Waals surface area contributed by atoms with Gasteiger partial charge in [-0.05, 0) is 42.8 Å². The molecule has 1 N–H and O–H groups in total. The Morgan fingerprint density at radius 3 is 2.88 bits per heavy atom. The Hall–Kier alpha value is -2.59. The minimum absolute atomic E-state index is 0.0193. The predicted molar refractivity (Wildman–Crippen MR) is 105 cm³/mol. The molecule has 0 aliphatic carbocycles. The van der Waals surface area contributed by atoms with Gasteiger partial charge in [-0.1, -0.05) is 0 Å². The molecule has 3 rings (SSSR count). The molecule has 0 radical (unpaired) electrons. The van der Waals surface area contributed by atoms with Crippen LogP contribution < -0.4 is 10.2 Å². The van der Waals surface area contributed by atoms with E-state index in [2.05, 4.69) is 16.4 Å². The first-order chi connectivity index (χ1) is 12.6. The summed E-state index contributed by atoms with van der Waals surface area (Å²) in [6.45, 7) is 1.43. The molecule has 1 fully saturated rings. The van der Waals surface area contributed by atoms with E-state index in [0.29, 0.717) is 23.0 Å². The number of carbonyl (C=O) groups excluding carboxylic acids is 1. The zero-order valence-electron chi connectivity index (χ0n) is 15.1. The maximum atomic E-state index is 12.7. The summed E-state index contributed by atoms with van der Waals surface area (Å²) >= 11 is 1.35. The number of aromatic nitrogens is 1. The fraction of sp³-hybridized carbons (Fsp3) is 0.421. The second-order valence-corrected chi connectivity index (χ2v) is 7.56. The van der Waals surface area contributed by atoms with Crippen molar-refractivity contribution in [1.82, 2.24) is 9.88 Å². The van der Waals surface area contributed by atoms with Crippen LogP contribution in [0.25, 0.3) is 0 Å². The van der Waals surface area contributed by atoms with E-state index in [1.165, 1.54) is 11.3 Å². The Morgan fingerprint density at radius 2 is 2.19 bits per heavy atom. The topological polar surface area (TPSA) is 72.3 Å². The van der Waals surface area contributed by atoms with Gasteiger partial charge in [-0.15, -0.1) is 11.3 Å². The zero-order chi connectivity index (χ0) is 18.5. The number of nitrogens with zero attached hydrogens (tertiary/aromatic N) is 4. The van der Waals surface area contributed by atoms with E-state index < -0.39 is 0 Å². The van der Waals surface area contributed by atoms with Crippen LogP contribution in [0, 0.1) is 11.3 Å². The van der Waals surface area contributed by atoms with Crippen molar-refractivity contribution >= 4 is 28.7 Å². The number of rotatable bonds is 4. The molecule has 1 aliphatic rings. The van der Waals surface area contributed by atoms with Crippen LogP contribution in [0.15, 0.2) is 29.8 Å². The summed E-state index contributed by atoms with van der Waals surface area (Å²) in [6.07, 6.45) is 4.69. The molecule has 26 heavy (non-hydrogen) atoms. The average molecular weight is 369 g/mol. The quantitative estimate of drug-likeness (QED) is 0.896. The van der Waals surface area contributed by atoms with Crippen LogP contribution in [0.4, 0.5) is 11.5 Å². The fourth-order valence-electron chi connectivity index (χ4n) is 3.12. The van der Waals surface area contributed by atoms with Crippen molar-refractivity contribution in [1.29, 1.82) is 5.26 Å². The molecule has 1 amide bonds. The summed E-state index contributed by atoms with van der Waals surface area (Å²) < 4.78 is 0. The van der Waals surface area contributed by atoms with Crippen molar-refractivity contribution in [3.63, 3.8) is 0 Å². The first-order valence-corrected chi connectivity index (χ1v) is 9.63. The van der Waals surface area contributed by atoms with Gasteiger partial charge in [-0.2, -0.15) is 5.26 Å². The van der Waals surface area contributed by atoms with Crippen molar-refractivity contribution in [3.05, 3.63) is 40.2 Å². The molecule has 1 atom stereocenters. The van der Waals surface area contributed by atoms with E-state index in [-0.39, 0.29) is 5.91 Å². The Bertz CT molecular complexity index is 793. The molecule has 7 heteroatoms. The van der Waals surface area contributed by atoms with Crippen LogP contribution in [0.3, 0.4) is 0 Å². The average Bonchev–Trinajstić information content (AvgIpc) is 3.01. The first-order valence-electron chi connectivity index (χ1n) is 8.75. The van der Waals surface area contributed by atoms with Crippen molar-refractivity contribution in [2.24, 2.45) is 0 Å². The summed E-state index contributed by atoms with van der Waals surface area (Å²) in [4.78, 5) is 21.5. The SMILES string of the molecule is CN(C)c1ccc(NC2CCCN(C(=O)c3sccc3C#N)CC2)cn1. The van der Waals surface area contributed by atoms with Gasteiger partial charge in [0.05, 0.1) is 17.4 Å². The van der Waals surface area contributed by atoms with Crippen molar-refractivity contribution in [3.8, 4) is 6.07 Å². The third kappa shape index (κ3) is 4.14. The number of amides is 1. The maximum absolute atomic E-state index is 12.7. The molecule has 0 saturated carbocycles. The summed E-state index contributed by atoms with van der Waals surface area (Å²) in [6, 6.07) is 8.17. The number of hydrogen-bond donors (Lipinski definition) is 1. The van der Waals surface area contributed by atoms with Gasteiger partial charge in [0.1, 0.15) is 16.8 Å². The van der Waals surface area contributed by atoms with E-state index in [9.17, 15) is 4.79 Å². The highest BCUT2D eigenvalue weighted by Gasteiger charge is 2.24. The second-order valence-electron chi connectivity index (χ2n) is 6.64. The van der Waals surface area contributed by atoms with E-state index in [1.807, 2.05) is 42.2 Å². The van der Waals surface area contributed by atoms with Crippen LogP contribution in [0.1, 0.15) is 34.5 Å². The molecule has 2 aromatic heterocycles. The van der Waals surface area contributed by atoms with Gasteiger partial charge in [0.25, 0.3) is 5.91 Å². The summed E-state index contributed by atoms with van der Waals surface area (Å²) in [5.41, 5.74) is 1.48. The van der Waals surface area contributed by atoms with Crippen LogP contribution >= 0.6 is 11.3 Å². The molecule has 2 aromatic rings. The number of pyridine rings is 1. The van der Waals surface area contributed by atoms with Gasteiger partial charge >= 0.3 is 0 Å². The highest BCUT2D eigenvalue weighted by atomic mass is 32.1. The monoisotopic (exact) mass is 369 g/mol. The molecule has 1 unspecified atom stereocenters. The summed E-state index contributed by atoms with van der Waals surface area (Å²) in [5.74, 6) is 0.909. The number of nitriles is 1. The molecule has 1 aliphatic heterocycles. The van der Waals surface area contributed by atoms with Crippen LogP contribution in [-0.2, 0) is 0 Å².